The zero-order valence-electron chi connectivity index (χ0n) is 14.9. The number of hydrogen-bond donors (Lipinski definition) is 1. The van der Waals surface area contributed by atoms with Crippen LogP contribution in [0.1, 0.15) is 21.5 Å². The third-order valence-electron chi connectivity index (χ3n) is 3.66. The molecule has 0 bridgehead atoms. The second-order valence-electron chi connectivity index (χ2n) is 5.68. The summed E-state index contributed by atoms with van der Waals surface area (Å²) >= 11 is 0. The van der Waals surface area contributed by atoms with Crippen LogP contribution >= 0.6 is 0 Å². The minimum atomic E-state index is -4.34. The van der Waals surface area contributed by atoms with E-state index in [0.717, 1.165) is 5.56 Å². The van der Waals surface area contributed by atoms with Crippen molar-refractivity contribution < 1.29 is 32.2 Å². The molecule has 1 amide bonds. The van der Waals surface area contributed by atoms with Gasteiger partial charge in [-0.25, -0.2) is 0 Å². The summed E-state index contributed by atoms with van der Waals surface area (Å²) in [4.78, 5) is 12.3. The summed E-state index contributed by atoms with van der Waals surface area (Å²) in [5.74, 6) is 0.694. The van der Waals surface area contributed by atoms with Gasteiger partial charge in [-0.1, -0.05) is 24.3 Å². The third-order valence-corrected chi connectivity index (χ3v) is 3.66. The van der Waals surface area contributed by atoms with E-state index in [9.17, 15) is 18.0 Å². The van der Waals surface area contributed by atoms with Crippen LogP contribution in [0.25, 0.3) is 0 Å². The Bertz CT molecular complexity index is 761. The van der Waals surface area contributed by atoms with E-state index < -0.39 is 12.8 Å². The monoisotopic (exact) mass is 383 g/mol. The van der Waals surface area contributed by atoms with Gasteiger partial charge in [-0.15, -0.1) is 0 Å². The maximum atomic E-state index is 12.3. The normalized spacial score (nSPS) is 11.1. The standard InChI is InChI=1S/C19H20F3NO4/c1-25-16-8-7-15(9-17(16)26-2)18(24)23-10-13-3-5-14(6-4-13)11-27-12-19(20,21)22/h3-9H,10-12H2,1-2H3,(H,23,24). The summed E-state index contributed by atoms with van der Waals surface area (Å²) in [6.07, 6.45) is -4.34. The van der Waals surface area contributed by atoms with Gasteiger partial charge in [-0.2, -0.15) is 13.2 Å². The quantitative estimate of drug-likeness (QED) is 0.755. The molecule has 0 fully saturated rings. The van der Waals surface area contributed by atoms with Crippen LogP contribution in [0.15, 0.2) is 42.5 Å². The zero-order chi connectivity index (χ0) is 19.9. The fourth-order valence-corrected chi connectivity index (χ4v) is 2.30. The summed E-state index contributed by atoms with van der Waals surface area (Å²) in [5.41, 5.74) is 1.85. The van der Waals surface area contributed by atoms with E-state index >= 15 is 0 Å². The molecule has 0 saturated carbocycles. The highest BCUT2D eigenvalue weighted by Crippen LogP contribution is 2.27. The highest BCUT2D eigenvalue weighted by Gasteiger charge is 2.27. The van der Waals surface area contributed by atoms with Crippen LogP contribution in [0.5, 0.6) is 11.5 Å². The van der Waals surface area contributed by atoms with Crippen molar-refractivity contribution in [3.63, 3.8) is 0 Å². The molecule has 0 heterocycles. The van der Waals surface area contributed by atoms with E-state index in [1.165, 1.54) is 14.2 Å². The van der Waals surface area contributed by atoms with Crippen molar-refractivity contribution in [3.8, 4) is 11.5 Å². The van der Waals surface area contributed by atoms with Crippen LogP contribution in [0.2, 0.25) is 0 Å². The second kappa shape index (κ2) is 9.27. The summed E-state index contributed by atoms with van der Waals surface area (Å²) in [7, 11) is 2.99. The minimum absolute atomic E-state index is 0.127. The van der Waals surface area contributed by atoms with Crippen LogP contribution in [0, 0.1) is 0 Å². The van der Waals surface area contributed by atoms with Crippen molar-refractivity contribution >= 4 is 5.91 Å². The molecule has 8 heteroatoms. The summed E-state index contributed by atoms with van der Waals surface area (Å²) in [6.45, 7) is -1.13. The fourth-order valence-electron chi connectivity index (χ4n) is 2.30. The maximum absolute atomic E-state index is 12.3. The number of halogens is 3. The Kier molecular flexibility index (Phi) is 7.06. The zero-order valence-corrected chi connectivity index (χ0v) is 14.9. The van der Waals surface area contributed by atoms with Crippen LogP contribution in [-0.4, -0.2) is 32.9 Å². The molecule has 0 aliphatic heterocycles. The van der Waals surface area contributed by atoms with Crippen molar-refractivity contribution in [1.29, 1.82) is 0 Å². The molecule has 146 valence electrons. The first-order valence-corrected chi connectivity index (χ1v) is 8.05. The molecule has 0 spiro atoms. The van der Waals surface area contributed by atoms with Crippen LogP contribution in [0.3, 0.4) is 0 Å². The first-order chi connectivity index (χ1) is 12.8. The number of benzene rings is 2. The molecule has 0 radical (unpaired) electrons. The predicted molar refractivity (Wildman–Crippen MR) is 92.9 cm³/mol. The fraction of sp³-hybridized carbons (Fsp3) is 0.316. The molecule has 0 aliphatic carbocycles. The average Bonchev–Trinajstić information content (AvgIpc) is 2.65. The van der Waals surface area contributed by atoms with Crippen molar-refractivity contribution in [2.24, 2.45) is 0 Å². The lowest BCUT2D eigenvalue weighted by Gasteiger charge is -2.11. The van der Waals surface area contributed by atoms with E-state index in [0.29, 0.717) is 22.6 Å². The van der Waals surface area contributed by atoms with Crippen molar-refractivity contribution in [3.05, 3.63) is 59.2 Å². The number of carbonyl (C=O) groups excluding carboxylic acids is 1. The lowest BCUT2D eigenvalue weighted by atomic mass is 10.1. The number of alkyl halides is 3. The van der Waals surface area contributed by atoms with Gasteiger partial charge in [-0.05, 0) is 29.3 Å². The Morgan fingerprint density at radius 3 is 2.19 bits per heavy atom. The summed E-state index contributed by atoms with van der Waals surface area (Å²) in [5, 5.41) is 2.77. The Morgan fingerprint density at radius 2 is 1.59 bits per heavy atom. The molecule has 0 aliphatic rings. The third kappa shape index (κ3) is 6.49. The first kappa shape index (κ1) is 20.6. The predicted octanol–water partition coefficient (Wildman–Crippen LogP) is 3.71. The van der Waals surface area contributed by atoms with Crippen molar-refractivity contribution in [2.75, 3.05) is 20.8 Å². The van der Waals surface area contributed by atoms with Gasteiger partial charge in [0.1, 0.15) is 6.61 Å². The summed E-state index contributed by atoms with van der Waals surface area (Å²) < 4.78 is 51.0. The largest absolute Gasteiger partial charge is 0.493 e. The molecule has 27 heavy (non-hydrogen) atoms. The van der Waals surface area contributed by atoms with E-state index in [4.69, 9.17) is 9.47 Å². The van der Waals surface area contributed by atoms with E-state index in [1.54, 1.807) is 42.5 Å². The molecule has 2 rings (SSSR count). The Balaban J connectivity index is 1.88. The molecule has 1 N–H and O–H groups in total. The highest BCUT2D eigenvalue weighted by molar-refractivity contribution is 5.94. The lowest BCUT2D eigenvalue weighted by molar-refractivity contribution is -0.176. The van der Waals surface area contributed by atoms with Crippen molar-refractivity contribution in [1.82, 2.24) is 5.32 Å². The van der Waals surface area contributed by atoms with Gasteiger partial charge in [0.15, 0.2) is 11.5 Å². The van der Waals surface area contributed by atoms with Crippen LogP contribution in [0.4, 0.5) is 13.2 Å². The molecule has 0 saturated heterocycles. The molecule has 5 nitrogen and oxygen atoms in total. The molecule has 2 aromatic rings. The average molecular weight is 383 g/mol. The van der Waals surface area contributed by atoms with E-state index in [-0.39, 0.29) is 19.1 Å². The second-order valence-corrected chi connectivity index (χ2v) is 5.68. The first-order valence-electron chi connectivity index (χ1n) is 8.05. The maximum Gasteiger partial charge on any atom is 0.411 e. The van der Waals surface area contributed by atoms with Gasteiger partial charge in [-0.3, -0.25) is 4.79 Å². The Morgan fingerprint density at radius 1 is 0.963 bits per heavy atom. The number of carbonyl (C=O) groups is 1. The van der Waals surface area contributed by atoms with Gasteiger partial charge in [0.2, 0.25) is 0 Å². The van der Waals surface area contributed by atoms with Gasteiger partial charge < -0.3 is 19.5 Å². The summed E-state index contributed by atoms with van der Waals surface area (Å²) in [6, 6.07) is 11.6. The topological polar surface area (TPSA) is 56.8 Å². The Labute approximate surface area is 155 Å². The number of rotatable bonds is 8. The SMILES string of the molecule is COc1ccc(C(=O)NCc2ccc(COCC(F)(F)F)cc2)cc1OC. The lowest BCUT2D eigenvalue weighted by Crippen LogP contribution is -2.22. The number of nitrogens with one attached hydrogen (secondary N) is 1. The molecular weight excluding hydrogens is 363 g/mol. The number of amides is 1. The minimum Gasteiger partial charge on any atom is -0.493 e. The van der Waals surface area contributed by atoms with Crippen LogP contribution in [-0.2, 0) is 17.9 Å². The molecule has 0 atom stereocenters. The smallest absolute Gasteiger partial charge is 0.411 e. The number of hydrogen-bond acceptors (Lipinski definition) is 4. The van der Waals surface area contributed by atoms with Crippen molar-refractivity contribution in [2.45, 2.75) is 19.3 Å². The van der Waals surface area contributed by atoms with Gasteiger partial charge in [0.25, 0.3) is 5.91 Å². The molecule has 2 aromatic carbocycles. The molecule has 0 unspecified atom stereocenters. The molecular formula is C19H20F3NO4. The van der Waals surface area contributed by atoms with Crippen LogP contribution < -0.4 is 14.8 Å². The van der Waals surface area contributed by atoms with E-state index in [2.05, 4.69) is 10.1 Å². The van der Waals surface area contributed by atoms with Gasteiger partial charge in [0.05, 0.1) is 20.8 Å². The van der Waals surface area contributed by atoms with E-state index in [1.807, 2.05) is 0 Å². The molecule has 0 aromatic heterocycles. The van der Waals surface area contributed by atoms with Gasteiger partial charge >= 0.3 is 6.18 Å². The number of ether oxygens (including phenoxy) is 3. The number of methoxy groups -OCH3 is 2. The van der Waals surface area contributed by atoms with Gasteiger partial charge in [0, 0.05) is 12.1 Å². The Hall–Kier alpha value is -2.74. The highest BCUT2D eigenvalue weighted by atomic mass is 19.4.